The van der Waals surface area contributed by atoms with E-state index >= 15 is 0 Å². The van der Waals surface area contributed by atoms with Gasteiger partial charge in [0.2, 0.25) is 0 Å². The van der Waals surface area contributed by atoms with Crippen LogP contribution in [0.2, 0.25) is 0 Å². The maximum atomic E-state index is 13.6. The largest absolute Gasteiger partial charge is 0.386 e. The first-order valence-corrected chi connectivity index (χ1v) is 22.9. The summed E-state index contributed by atoms with van der Waals surface area (Å²) in [5, 5.41) is 0. The lowest BCUT2D eigenvalue weighted by atomic mass is 10.1. The van der Waals surface area contributed by atoms with E-state index in [1.165, 1.54) is 26.1 Å². The SMILES string of the molecule is CC[C@H]1O[C@@H](n2cc(C)c(N)nc2=O)C[C@H]1OP(O)(=S)OC[C@H]1O[C@@H](n2cc(C)c(N)nc2=O)C[C@H]1OP(=O)(S)OC[C@@H]1CC[C@H](n2cc(C)c(N)nc2=O)O1. The number of nitrogens with zero attached hydrogens (tertiary/aromatic N) is 6. The van der Waals surface area contributed by atoms with Gasteiger partial charge in [-0.05, 0) is 51.8 Å². The lowest BCUT2D eigenvalue weighted by Crippen LogP contribution is -2.30. The van der Waals surface area contributed by atoms with Gasteiger partial charge in [0.05, 0.1) is 31.5 Å². The number of ether oxygens (including phenoxy) is 3. The molecule has 3 saturated heterocycles. The smallest absolute Gasteiger partial charge is 0.383 e. The number of anilines is 3. The van der Waals surface area contributed by atoms with Crippen molar-refractivity contribution in [2.75, 3.05) is 30.4 Å². The quantitative estimate of drug-likeness (QED) is 0.115. The Balaban J connectivity index is 1.12. The minimum Gasteiger partial charge on any atom is -0.383 e. The van der Waals surface area contributed by atoms with Gasteiger partial charge >= 0.3 is 30.6 Å². The van der Waals surface area contributed by atoms with Gasteiger partial charge in [0.25, 0.3) is 0 Å². The summed E-state index contributed by atoms with van der Waals surface area (Å²) in [6.45, 7) is -1.87. The molecule has 0 aliphatic carbocycles. The fourth-order valence-corrected chi connectivity index (χ4v) is 9.61. The topological polar surface area (TPSA) is 285 Å². The van der Waals surface area contributed by atoms with Gasteiger partial charge in [-0.3, -0.25) is 22.7 Å². The minimum atomic E-state index is -4.15. The van der Waals surface area contributed by atoms with E-state index in [1.54, 1.807) is 27.0 Å². The molecule has 7 N–H and O–H groups in total. The van der Waals surface area contributed by atoms with Crippen LogP contribution in [0.25, 0.3) is 0 Å². The highest BCUT2D eigenvalue weighted by Crippen LogP contribution is 2.57. The molecule has 3 aromatic heterocycles. The maximum absolute atomic E-state index is 13.6. The van der Waals surface area contributed by atoms with E-state index < -0.39 is 86.4 Å². The third kappa shape index (κ3) is 9.79. The van der Waals surface area contributed by atoms with Crippen LogP contribution in [0.3, 0.4) is 0 Å². The van der Waals surface area contributed by atoms with Crippen LogP contribution in [0.15, 0.2) is 33.0 Å². The van der Waals surface area contributed by atoms with E-state index in [0.29, 0.717) is 36.0 Å². The van der Waals surface area contributed by atoms with Gasteiger partial charge in [-0.15, -0.1) is 0 Å². The van der Waals surface area contributed by atoms with Gasteiger partial charge in [0, 0.05) is 48.1 Å². The van der Waals surface area contributed by atoms with E-state index in [1.807, 2.05) is 6.92 Å². The molecule has 0 amide bonds. The zero-order valence-electron chi connectivity index (χ0n) is 30.9. The van der Waals surface area contributed by atoms with Crippen LogP contribution in [0, 0.1) is 20.8 Å². The molecule has 56 heavy (non-hydrogen) atoms. The maximum Gasteiger partial charge on any atom is 0.386 e. The van der Waals surface area contributed by atoms with E-state index in [2.05, 4.69) is 27.2 Å². The molecular weight excluding hydrogens is 816 g/mol. The van der Waals surface area contributed by atoms with Crippen molar-refractivity contribution in [3.05, 3.63) is 66.7 Å². The zero-order valence-corrected chi connectivity index (χ0v) is 34.4. The van der Waals surface area contributed by atoms with E-state index in [4.69, 9.17) is 61.3 Å². The number of aryl methyl sites for hydroxylation is 3. The normalized spacial score (nSPS) is 28.7. The van der Waals surface area contributed by atoms with Crippen LogP contribution in [0.4, 0.5) is 17.5 Å². The lowest BCUT2D eigenvalue weighted by molar-refractivity contribution is -0.0467. The van der Waals surface area contributed by atoms with Crippen molar-refractivity contribution in [2.45, 2.75) is 109 Å². The standard InChI is InChI=1S/C31H45N9O12P2S2/c1-5-19-20(8-24(49-19)39-11-16(3)27(33)36-30(39)42)51-54(45,56)47-14-22-21(9-25(50-22)40-12-17(4)28(34)37-31(40)43)52-53(44,55)46-13-18-6-7-23(48-18)38-10-15(2)26(32)35-29(38)41/h10-12,18-25H,5-9,13-14H2,1-4H3,(H,44,55)(H,45,56)(H2,32,35,41)(H2,33,36,42)(H2,34,37,43)/t18-,19+,20+,21+,22+,23+,24+,25+,53?,54?/m0/s1. The Kier molecular flexibility index (Phi) is 13.0. The fourth-order valence-electron chi connectivity index (χ4n) is 6.59. The van der Waals surface area contributed by atoms with Gasteiger partial charge in [0.15, 0.2) is 0 Å². The summed E-state index contributed by atoms with van der Waals surface area (Å²) >= 11 is 9.58. The molecule has 3 aliphatic heterocycles. The summed E-state index contributed by atoms with van der Waals surface area (Å²) in [7, 11) is 0. The molecule has 0 aromatic carbocycles. The molecule has 3 fully saturated rings. The third-order valence-corrected chi connectivity index (χ3v) is 12.9. The summed E-state index contributed by atoms with van der Waals surface area (Å²) < 4.78 is 58.8. The molecule has 308 valence electrons. The van der Waals surface area contributed by atoms with Crippen molar-refractivity contribution in [3.8, 4) is 0 Å². The van der Waals surface area contributed by atoms with Gasteiger partial charge in [0.1, 0.15) is 48.3 Å². The molecule has 0 spiro atoms. The molecule has 0 radical (unpaired) electrons. The monoisotopic (exact) mass is 861 g/mol. The zero-order chi connectivity index (χ0) is 40.7. The molecular formula is C31H45N9O12P2S2. The Labute approximate surface area is 330 Å². The first kappa shape index (κ1) is 42.6. The van der Waals surface area contributed by atoms with Crippen LogP contribution in [0.1, 0.15) is 74.4 Å². The first-order chi connectivity index (χ1) is 26.3. The summed E-state index contributed by atoms with van der Waals surface area (Å²) in [5.74, 6) is 0.278. The van der Waals surface area contributed by atoms with Crippen molar-refractivity contribution >= 4 is 55.0 Å². The molecule has 0 bridgehead atoms. The Morgan fingerprint density at radius 2 is 1.23 bits per heavy atom. The number of nitrogen functional groups attached to an aromatic ring is 3. The van der Waals surface area contributed by atoms with Crippen molar-refractivity contribution in [1.82, 2.24) is 28.7 Å². The molecule has 25 heteroatoms. The van der Waals surface area contributed by atoms with E-state index in [0.717, 1.165) is 0 Å². The number of aromatic nitrogens is 6. The van der Waals surface area contributed by atoms with Crippen molar-refractivity contribution in [3.63, 3.8) is 0 Å². The Morgan fingerprint density at radius 1 is 0.768 bits per heavy atom. The first-order valence-electron chi connectivity index (χ1n) is 17.7. The van der Waals surface area contributed by atoms with Gasteiger partial charge < -0.3 is 45.4 Å². The van der Waals surface area contributed by atoms with Crippen molar-refractivity contribution in [1.29, 1.82) is 0 Å². The Bertz CT molecular complexity index is 2230. The second-order valence-electron chi connectivity index (χ2n) is 13.7. The number of hydrogen-bond donors (Lipinski definition) is 5. The number of rotatable bonds is 14. The second kappa shape index (κ2) is 17.0. The molecule has 10 atom stereocenters. The number of hydrogen-bond acceptors (Lipinski definition) is 18. The highest BCUT2D eigenvalue weighted by molar-refractivity contribution is 8.44. The minimum absolute atomic E-state index is 0.0449. The van der Waals surface area contributed by atoms with Gasteiger partial charge in [-0.25, -0.2) is 18.9 Å². The van der Waals surface area contributed by atoms with E-state index in [-0.39, 0.29) is 36.9 Å². The molecule has 6 rings (SSSR count). The van der Waals surface area contributed by atoms with Crippen LogP contribution in [0.5, 0.6) is 0 Å². The molecule has 2 unspecified atom stereocenters. The summed E-state index contributed by atoms with van der Waals surface area (Å²) in [6, 6.07) is 0. The van der Waals surface area contributed by atoms with E-state index in [9.17, 15) is 23.8 Å². The highest BCUT2D eigenvalue weighted by Gasteiger charge is 2.44. The predicted molar refractivity (Wildman–Crippen MR) is 208 cm³/mol. The third-order valence-electron chi connectivity index (χ3n) is 9.66. The average Bonchev–Trinajstić information content (AvgIpc) is 3.86. The fraction of sp³-hybridized carbons (Fsp3) is 0.613. The van der Waals surface area contributed by atoms with Crippen LogP contribution < -0.4 is 34.3 Å². The predicted octanol–water partition coefficient (Wildman–Crippen LogP) is 2.15. The second-order valence-corrected chi connectivity index (χ2v) is 19.4. The summed E-state index contributed by atoms with van der Waals surface area (Å²) in [4.78, 5) is 60.5. The van der Waals surface area contributed by atoms with Gasteiger partial charge in [-0.2, -0.15) is 15.0 Å². The molecule has 21 nitrogen and oxygen atoms in total. The molecule has 0 saturated carbocycles. The van der Waals surface area contributed by atoms with Crippen LogP contribution in [-0.4, -0.2) is 77.3 Å². The molecule has 3 aliphatic rings. The van der Waals surface area contributed by atoms with Crippen molar-refractivity contribution in [2.24, 2.45) is 0 Å². The summed E-state index contributed by atoms with van der Waals surface area (Å²) in [5.41, 5.74) is 17.2. The summed E-state index contributed by atoms with van der Waals surface area (Å²) in [6.07, 6.45) is -0.383. The Morgan fingerprint density at radius 3 is 1.73 bits per heavy atom. The van der Waals surface area contributed by atoms with Crippen LogP contribution >= 0.6 is 25.8 Å². The molecule has 6 heterocycles. The Hall–Kier alpha value is -3.05. The molecule has 3 aromatic rings. The lowest BCUT2D eigenvalue weighted by Gasteiger charge is -2.26. The number of thiol groups is 1. The highest BCUT2D eigenvalue weighted by atomic mass is 32.7. The van der Waals surface area contributed by atoms with Gasteiger partial charge in [-0.1, -0.05) is 19.2 Å². The average molecular weight is 862 g/mol. The number of nitrogens with two attached hydrogens (primary N) is 3. The van der Waals surface area contributed by atoms with Crippen LogP contribution in [-0.2, 0) is 48.7 Å². The van der Waals surface area contributed by atoms with Crippen molar-refractivity contribution < 1.29 is 41.8 Å².